The van der Waals surface area contributed by atoms with Gasteiger partial charge in [-0.25, -0.2) is 0 Å². The number of nitrogens with zero attached hydrogens (tertiary/aromatic N) is 1. The first-order chi connectivity index (χ1) is 9.51. The first-order valence-corrected chi connectivity index (χ1v) is 6.40. The van der Waals surface area contributed by atoms with Crippen LogP contribution in [0.15, 0.2) is 24.3 Å². The van der Waals surface area contributed by atoms with E-state index in [0.717, 1.165) is 11.3 Å². The standard InChI is InChI=1S/C14H20N2O4.ClH/c1-3-20-12-6-4-11(5-7-12)9-16(2)10-13(17)15-8-14(18)19;/h4-7H,3,8-10H2,1-2H3,(H,15,17)(H,18,19);1H. The van der Waals surface area contributed by atoms with Crippen LogP contribution in [0.1, 0.15) is 12.5 Å². The Labute approximate surface area is 130 Å². The molecule has 0 aliphatic heterocycles. The summed E-state index contributed by atoms with van der Waals surface area (Å²) in [5.74, 6) is -0.536. The number of ether oxygens (including phenoxy) is 1. The molecule has 0 bridgehead atoms. The Hall–Kier alpha value is -1.79. The van der Waals surface area contributed by atoms with Crippen molar-refractivity contribution >= 4 is 24.3 Å². The maximum Gasteiger partial charge on any atom is 0.322 e. The molecule has 1 aromatic carbocycles. The smallest absolute Gasteiger partial charge is 0.322 e. The van der Waals surface area contributed by atoms with E-state index in [1.807, 2.05) is 36.1 Å². The number of carbonyl (C=O) groups excluding carboxylic acids is 1. The molecule has 0 spiro atoms. The number of amides is 1. The van der Waals surface area contributed by atoms with E-state index in [2.05, 4.69) is 5.32 Å². The molecule has 0 saturated heterocycles. The lowest BCUT2D eigenvalue weighted by Gasteiger charge is -2.16. The van der Waals surface area contributed by atoms with Gasteiger partial charge in [-0.2, -0.15) is 0 Å². The highest BCUT2D eigenvalue weighted by Crippen LogP contribution is 2.13. The topological polar surface area (TPSA) is 78.9 Å². The zero-order chi connectivity index (χ0) is 15.0. The zero-order valence-corrected chi connectivity index (χ0v) is 13.0. The maximum absolute atomic E-state index is 11.5. The molecule has 1 rings (SSSR count). The first kappa shape index (κ1) is 19.2. The lowest BCUT2D eigenvalue weighted by molar-refractivity contribution is -0.138. The van der Waals surface area contributed by atoms with Crippen molar-refractivity contribution in [3.05, 3.63) is 29.8 Å². The van der Waals surface area contributed by atoms with Crippen molar-refractivity contribution < 1.29 is 19.4 Å². The number of aliphatic carboxylic acids is 1. The Bertz CT molecular complexity index is 451. The molecule has 7 heteroatoms. The molecular formula is C14H21ClN2O4. The van der Waals surface area contributed by atoms with Crippen LogP contribution in [0.5, 0.6) is 5.75 Å². The number of carboxylic acids is 1. The van der Waals surface area contributed by atoms with E-state index >= 15 is 0 Å². The molecule has 0 heterocycles. The van der Waals surface area contributed by atoms with E-state index in [1.165, 1.54) is 0 Å². The molecule has 0 fully saturated rings. The Morgan fingerprint density at radius 3 is 2.43 bits per heavy atom. The third-order valence-electron chi connectivity index (χ3n) is 2.54. The second-order valence-electron chi connectivity index (χ2n) is 4.42. The van der Waals surface area contributed by atoms with E-state index in [-0.39, 0.29) is 31.4 Å². The van der Waals surface area contributed by atoms with E-state index < -0.39 is 5.97 Å². The molecule has 118 valence electrons. The maximum atomic E-state index is 11.5. The summed E-state index contributed by atoms with van der Waals surface area (Å²) in [5, 5.41) is 10.8. The molecule has 0 aliphatic carbocycles. The molecule has 1 aromatic rings. The minimum absolute atomic E-state index is 0. The Morgan fingerprint density at radius 1 is 1.29 bits per heavy atom. The van der Waals surface area contributed by atoms with Gasteiger partial charge >= 0.3 is 5.97 Å². The Kier molecular flexibility index (Phi) is 9.16. The molecule has 0 unspecified atom stereocenters. The second-order valence-corrected chi connectivity index (χ2v) is 4.42. The summed E-state index contributed by atoms with van der Waals surface area (Å²) in [6.07, 6.45) is 0. The van der Waals surface area contributed by atoms with Gasteiger partial charge in [0.05, 0.1) is 13.2 Å². The third kappa shape index (κ3) is 8.16. The SMILES string of the molecule is CCOc1ccc(CN(C)CC(=O)NCC(=O)O)cc1.Cl. The van der Waals surface area contributed by atoms with E-state index in [4.69, 9.17) is 9.84 Å². The zero-order valence-electron chi connectivity index (χ0n) is 12.2. The van der Waals surface area contributed by atoms with Gasteiger partial charge in [0.1, 0.15) is 12.3 Å². The van der Waals surface area contributed by atoms with Crippen LogP contribution in [0, 0.1) is 0 Å². The van der Waals surface area contributed by atoms with Crippen molar-refractivity contribution in [3.63, 3.8) is 0 Å². The van der Waals surface area contributed by atoms with Gasteiger partial charge in [-0.1, -0.05) is 12.1 Å². The molecule has 0 atom stereocenters. The Balaban J connectivity index is 0.00000400. The van der Waals surface area contributed by atoms with Gasteiger partial charge in [-0.05, 0) is 31.7 Å². The summed E-state index contributed by atoms with van der Waals surface area (Å²) in [6, 6.07) is 7.65. The summed E-state index contributed by atoms with van der Waals surface area (Å²) in [4.78, 5) is 23.6. The number of hydrogen-bond donors (Lipinski definition) is 2. The minimum Gasteiger partial charge on any atom is -0.494 e. The highest BCUT2D eigenvalue weighted by molar-refractivity contribution is 5.85. The highest BCUT2D eigenvalue weighted by atomic mass is 35.5. The number of nitrogens with one attached hydrogen (secondary N) is 1. The fraction of sp³-hybridized carbons (Fsp3) is 0.429. The molecule has 2 N–H and O–H groups in total. The van der Waals surface area contributed by atoms with E-state index in [0.29, 0.717) is 13.2 Å². The summed E-state index contributed by atoms with van der Waals surface area (Å²) in [7, 11) is 1.80. The predicted octanol–water partition coefficient (Wildman–Crippen LogP) is 1.14. The second kappa shape index (κ2) is 10.0. The van der Waals surface area contributed by atoms with Crippen LogP contribution in [-0.4, -0.2) is 48.6 Å². The number of halogens is 1. The van der Waals surface area contributed by atoms with Crippen LogP contribution in [0.4, 0.5) is 0 Å². The van der Waals surface area contributed by atoms with Gasteiger partial charge < -0.3 is 15.2 Å². The van der Waals surface area contributed by atoms with Crippen molar-refractivity contribution in [2.75, 3.05) is 26.7 Å². The number of likely N-dealkylation sites (N-methyl/N-ethyl adjacent to an activating group) is 1. The van der Waals surface area contributed by atoms with Crippen LogP contribution in [0.2, 0.25) is 0 Å². The number of carboxylic acid groups (broad SMARTS) is 1. The molecule has 1 amide bonds. The van der Waals surface area contributed by atoms with Crippen LogP contribution >= 0.6 is 12.4 Å². The Morgan fingerprint density at radius 2 is 1.90 bits per heavy atom. The van der Waals surface area contributed by atoms with Gasteiger partial charge in [0.15, 0.2) is 0 Å². The molecule has 6 nitrogen and oxygen atoms in total. The summed E-state index contributed by atoms with van der Waals surface area (Å²) >= 11 is 0. The lowest BCUT2D eigenvalue weighted by Crippen LogP contribution is -2.37. The third-order valence-corrected chi connectivity index (χ3v) is 2.54. The largest absolute Gasteiger partial charge is 0.494 e. The van der Waals surface area contributed by atoms with Gasteiger partial charge in [0.25, 0.3) is 0 Å². The van der Waals surface area contributed by atoms with Gasteiger partial charge in [0, 0.05) is 6.54 Å². The van der Waals surface area contributed by atoms with Crippen molar-refractivity contribution in [2.24, 2.45) is 0 Å². The number of rotatable bonds is 8. The quantitative estimate of drug-likeness (QED) is 0.752. The first-order valence-electron chi connectivity index (χ1n) is 6.40. The molecule has 0 saturated carbocycles. The summed E-state index contributed by atoms with van der Waals surface area (Å²) in [5.41, 5.74) is 1.06. The van der Waals surface area contributed by atoms with Crippen LogP contribution < -0.4 is 10.1 Å². The van der Waals surface area contributed by atoms with Crippen molar-refractivity contribution in [1.82, 2.24) is 10.2 Å². The van der Waals surface area contributed by atoms with Gasteiger partial charge in [-0.15, -0.1) is 12.4 Å². The van der Waals surface area contributed by atoms with Gasteiger partial charge in [-0.3, -0.25) is 14.5 Å². The molecule has 0 aliphatic rings. The summed E-state index contributed by atoms with van der Waals surface area (Å²) < 4.78 is 5.35. The van der Waals surface area contributed by atoms with E-state index in [9.17, 15) is 9.59 Å². The van der Waals surface area contributed by atoms with Crippen molar-refractivity contribution in [1.29, 1.82) is 0 Å². The fourth-order valence-corrected chi connectivity index (χ4v) is 1.70. The van der Waals surface area contributed by atoms with Crippen LogP contribution in [0.25, 0.3) is 0 Å². The average Bonchev–Trinajstić information content (AvgIpc) is 2.39. The monoisotopic (exact) mass is 316 g/mol. The van der Waals surface area contributed by atoms with Gasteiger partial charge in [0.2, 0.25) is 5.91 Å². The number of benzene rings is 1. The van der Waals surface area contributed by atoms with Crippen LogP contribution in [-0.2, 0) is 16.1 Å². The number of hydrogen-bond acceptors (Lipinski definition) is 4. The summed E-state index contributed by atoms with van der Waals surface area (Å²) in [6.45, 7) is 2.96. The molecular weight excluding hydrogens is 296 g/mol. The number of carbonyl (C=O) groups is 2. The normalized spacial score (nSPS) is 9.86. The minimum atomic E-state index is -1.05. The van der Waals surface area contributed by atoms with Crippen molar-refractivity contribution in [2.45, 2.75) is 13.5 Å². The van der Waals surface area contributed by atoms with Crippen LogP contribution in [0.3, 0.4) is 0 Å². The lowest BCUT2D eigenvalue weighted by atomic mass is 10.2. The average molecular weight is 317 g/mol. The molecule has 0 aromatic heterocycles. The molecule has 21 heavy (non-hydrogen) atoms. The molecule has 0 radical (unpaired) electrons. The fourth-order valence-electron chi connectivity index (χ4n) is 1.70. The van der Waals surface area contributed by atoms with Crippen molar-refractivity contribution in [3.8, 4) is 5.75 Å². The van der Waals surface area contributed by atoms with E-state index in [1.54, 1.807) is 7.05 Å². The highest BCUT2D eigenvalue weighted by Gasteiger charge is 2.08. The predicted molar refractivity (Wildman–Crippen MR) is 81.8 cm³/mol.